The lowest BCUT2D eigenvalue weighted by Gasteiger charge is -2.24. The van der Waals surface area contributed by atoms with Gasteiger partial charge in [-0.1, -0.05) is 27.3 Å². The summed E-state index contributed by atoms with van der Waals surface area (Å²) in [7, 11) is 2.22. The third-order valence-corrected chi connectivity index (χ3v) is 5.19. The second kappa shape index (κ2) is 5.38. The van der Waals surface area contributed by atoms with E-state index in [1.165, 1.54) is 17.5 Å². The van der Waals surface area contributed by atoms with E-state index >= 15 is 0 Å². The van der Waals surface area contributed by atoms with Gasteiger partial charge in [-0.15, -0.1) is 0 Å². The highest BCUT2D eigenvalue weighted by molar-refractivity contribution is 9.10. The minimum Gasteiger partial charge on any atom is -0.360 e. The average Bonchev–Trinajstić information content (AvgIpc) is 3.16. The Labute approximate surface area is 126 Å². The van der Waals surface area contributed by atoms with Crippen LogP contribution in [0.2, 0.25) is 0 Å². The third-order valence-electron chi connectivity index (χ3n) is 3.72. The van der Waals surface area contributed by atoms with Gasteiger partial charge in [0.1, 0.15) is 0 Å². The molecule has 1 saturated carbocycles. The van der Waals surface area contributed by atoms with Crippen LogP contribution in [0, 0.1) is 0 Å². The molecule has 0 spiro atoms. The van der Waals surface area contributed by atoms with E-state index in [-0.39, 0.29) is 0 Å². The molecule has 1 aromatic heterocycles. The van der Waals surface area contributed by atoms with Crippen molar-refractivity contribution in [3.05, 3.63) is 22.7 Å². The van der Waals surface area contributed by atoms with E-state index < -0.39 is 0 Å². The van der Waals surface area contributed by atoms with Crippen LogP contribution in [0.3, 0.4) is 0 Å². The van der Waals surface area contributed by atoms with Gasteiger partial charge in [-0.25, -0.2) is 4.98 Å². The molecule has 1 aromatic carbocycles. The van der Waals surface area contributed by atoms with Crippen LogP contribution >= 0.6 is 27.3 Å². The number of nitrogens with one attached hydrogen (secondary N) is 1. The summed E-state index contributed by atoms with van der Waals surface area (Å²) in [6, 6.07) is 7.57. The zero-order chi connectivity index (χ0) is 13.4. The zero-order valence-electron chi connectivity index (χ0n) is 11.2. The number of aromatic nitrogens is 1. The van der Waals surface area contributed by atoms with Crippen molar-refractivity contribution < 1.29 is 0 Å². The highest BCUT2D eigenvalue weighted by atomic mass is 79.9. The number of hydrogen-bond acceptors (Lipinski definition) is 4. The van der Waals surface area contributed by atoms with Crippen molar-refractivity contribution in [3.63, 3.8) is 0 Å². The van der Waals surface area contributed by atoms with Crippen LogP contribution in [0.5, 0.6) is 0 Å². The monoisotopic (exact) mass is 339 g/mol. The van der Waals surface area contributed by atoms with Gasteiger partial charge in [-0.05, 0) is 45.0 Å². The van der Waals surface area contributed by atoms with Crippen LogP contribution in [0.4, 0.5) is 5.13 Å². The molecule has 19 heavy (non-hydrogen) atoms. The SMILES string of the molecule is CC(CNc1nc2ccc(Br)cc2s1)N(C)C1CC1. The summed E-state index contributed by atoms with van der Waals surface area (Å²) in [6.07, 6.45) is 2.71. The first kappa shape index (κ1) is 13.3. The van der Waals surface area contributed by atoms with Gasteiger partial charge in [0, 0.05) is 23.1 Å². The van der Waals surface area contributed by atoms with Crippen molar-refractivity contribution in [2.24, 2.45) is 0 Å². The Balaban J connectivity index is 1.64. The third kappa shape index (κ3) is 3.09. The first-order valence-electron chi connectivity index (χ1n) is 6.65. The van der Waals surface area contributed by atoms with Crippen LogP contribution in [0.1, 0.15) is 19.8 Å². The summed E-state index contributed by atoms with van der Waals surface area (Å²) >= 11 is 5.22. The molecule has 1 heterocycles. The highest BCUT2D eigenvalue weighted by Crippen LogP contribution is 2.29. The van der Waals surface area contributed by atoms with E-state index in [0.29, 0.717) is 6.04 Å². The van der Waals surface area contributed by atoms with Gasteiger partial charge in [0.15, 0.2) is 5.13 Å². The summed E-state index contributed by atoms with van der Waals surface area (Å²) in [5.74, 6) is 0. The maximum Gasteiger partial charge on any atom is 0.183 e. The number of benzene rings is 1. The minimum atomic E-state index is 0.547. The van der Waals surface area contributed by atoms with Gasteiger partial charge in [-0.3, -0.25) is 4.90 Å². The van der Waals surface area contributed by atoms with Crippen LogP contribution in [0.15, 0.2) is 22.7 Å². The summed E-state index contributed by atoms with van der Waals surface area (Å²) in [6.45, 7) is 3.23. The van der Waals surface area contributed by atoms with Crippen LogP contribution in [0.25, 0.3) is 10.2 Å². The first-order valence-corrected chi connectivity index (χ1v) is 8.26. The molecule has 0 radical (unpaired) electrons. The predicted molar refractivity (Wildman–Crippen MR) is 86.1 cm³/mol. The number of nitrogens with zero attached hydrogens (tertiary/aromatic N) is 2. The molecular formula is C14H18BrN3S. The molecule has 1 N–H and O–H groups in total. The van der Waals surface area contributed by atoms with Crippen LogP contribution in [-0.4, -0.2) is 35.6 Å². The van der Waals surface area contributed by atoms with Gasteiger partial charge >= 0.3 is 0 Å². The first-order chi connectivity index (χ1) is 9.13. The second-order valence-corrected chi connectivity index (χ2v) is 7.20. The molecule has 5 heteroatoms. The molecule has 2 aromatic rings. The van der Waals surface area contributed by atoms with Crippen molar-refractivity contribution in [2.75, 3.05) is 18.9 Å². The lowest BCUT2D eigenvalue weighted by Crippen LogP contribution is -2.36. The van der Waals surface area contributed by atoms with Gasteiger partial charge < -0.3 is 5.32 Å². The highest BCUT2D eigenvalue weighted by Gasteiger charge is 2.28. The van der Waals surface area contributed by atoms with E-state index in [1.54, 1.807) is 11.3 Å². The molecule has 1 aliphatic rings. The van der Waals surface area contributed by atoms with E-state index in [9.17, 15) is 0 Å². The van der Waals surface area contributed by atoms with Crippen LogP contribution in [-0.2, 0) is 0 Å². The Hall–Kier alpha value is -0.650. The number of rotatable bonds is 5. The van der Waals surface area contributed by atoms with Crippen molar-refractivity contribution in [1.29, 1.82) is 0 Å². The van der Waals surface area contributed by atoms with E-state index in [4.69, 9.17) is 0 Å². The van der Waals surface area contributed by atoms with E-state index in [1.807, 2.05) is 6.07 Å². The number of fused-ring (bicyclic) bond motifs is 1. The lowest BCUT2D eigenvalue weighted by molar-refractivity contribution is 0.257. The van der Waals surface area contributed by atoms with Gasteiger partial charge in [0.2, 0.25) is 0 Å². The molecule has 0 saturated heterocycles. The second-order valence-electron chi connectivity index (χ2n) is 5.26. The topological polar surface area (TPSA) is 28.2 Å². The molecule has 3 rings (SSSR count). The quantitative estimate of drug-likeness (QED) is 0.893. The Kier molecular flexibility index (Phi) is 3.78. The van der Waals surface area contributed by atoms with Gasteiger partial charge in [0.05, 0.1) is 10.2 Å². The fourth-order valence-electron chi connectivity index (χ4n) is 2.19. The molecule has 3 nitrogen and oxygen atoms in total. The van der Waals surface area contributed by atoms with Gasteiger partial charge in [-0.2, -0.15) is 0 Å². The Bertz CT molecular complexity index is 579. The van der Waals surface area contributed by atoms with Crippen molar-refractivity contribution >= 4 is 42.6 Å². The summed E-state index contributed by atoms with van der Waals surface area (Å²) in [4.78, 5) is 7.08. The largest absolute Gasteiger partial charge is 0.360 e. The molecule has 102 valence electrons. The summed E-state index contributed by atoms with van der Waals surface area (Å²) in [5, 5.41) is 4.49. The molecule has 1 fully saturated rings. The normalized spacial score (nSPS) is 17.1. The van der Waals surface area contributed by atoms with E-state index in [2.05, 4.69) is 57.2 Å². The van der Waals surface area contributed by atoms with Gasteiger partial charge in [0.25, 0.3) is 0 Å². The smallest absolute Gasteiger partial charge is 0.183 e. The number of hydrogen-bond donors (Lipinski definition) is 1. The van der Waals surface area contributed by atoms with Crippen LogP contribution < -0.4 is 5.32 Å². The maximum absolute atomic E-state index is 4.61. The fraction of sp³-hybridized carbons (Fsp3) is 0.500. The number of anilines is 1. The van der Waals surface area contributed by atoms with Crippen molar-refractivity contribution in [3.8, 4) is 0 Å². The number of halogens is 1. The zero-order valence-corrected chi connectivity index (χ0v) is 13.6. The number of thiazole rings is 1. The molecular weight excluding hydrogens is 322 g/mol. The lowest BCUT2D eigenvalue weighted by atomic mass is 10.3. The maximum atomic E-state index is 4.61. The van der Waals surface area contributed by atoms with Crippen molar-refractivity contribution in [2.45, 2.75) is 31.8 Å². The molecule has 1 aliphatic carbocycles. The summed E-state index contributed by atoms with van der Waals surface area (Å²) < 4.78 is 2.33. The minimum absolute atomic E-state index is 0.547. The fourth-order valence-corrected chi connectivity index (χ4v) is 3.62. The molecule has 1 unspecified atom stereocenters. The molecule has 1 atom stereocenters. The van der Waals surface area contributed by atoms with E-state index in [0.717, 1.165) is 27.7 Å². The Morgan fingerprint density at radius 1 is 1.53 bits per heavy atom. The van der Waals surface area contributed by atoms with Crippen molar-refractivity contribution in [1.82, 2.24) is 9.88 Å². The number of likely N-dealkylation sites (N-methyl/N-ethyl adjacent to an activating group) is 1. The molecule has 0 aliphatic heterocycles. The summed E-state index contributed by atoms with van der Waals surface area (Å²) in [5.41, 5.74) is 1.07. The Morgan fingerprint density at radius 3 is 3.05 bits per heavy atom. The molecule has 0 bridgehead atoms. The Morgan fingerprint density at radius 2 is 2.32 bits per heavy atom. The predicted octanol–water partition coefficient (Wildman–Crippen LogP) is 3.95. The average molecular weight is 340 g/mol. The molecule has 0 amide bonds. The standard InChI is InChI=1S/C14H18BrN3S/c1-9(18(2)11-4-5-11)8-16-14-17-12-6-3-10(15)7-13(12)19-14/h3,6-7,9,11H,4-5,8H2,1-2H3,(H,16,17).